The third-order valence-corrected chi connectivity index (χ3v) is 3.91. The topological polar surface area (TPSA) is 47.9 Å². The second-order valence-electron chi connectivity index (χ2n) is 4.72. The number of aliphatic imine (C=N–C) groups is 1. The van der Waals surface area contributed by atoms with Gasteiger partial charge in [-0.05, 0) is 43.2 Å². The van der Waals surface area contributed by atoms with Gasteiger partial charge in [-0.15, -0.1) is 0 Å². The van der Waals surface area contributed by atoms with Crippen molar-refractivity contribution in [3.05, 3.63) is 22.4 Å². The van der Waals surface area contributed by atoms with Crippen molar-refractivity contribution in [3.8, 4) is 0 Å². The summed E-state index contributed by atoms with van der Waals surface area (Å²) in [6.07, 6.45) is 0. The zero-order chi connectivity index (χ0) is 15.7. The highest BCUT2D eigenvalue weighted by atomic mass is 32.1. The van der Waals surface area contributed by atoms with Crippen LogP contribution in [0, 0.1) is 0 Å². The molecule has 0 saturated carbocycles. The number of hydrogen-bond donors (Lipinski definition) is 1. The molecular formula is C15H26N4OS. The first-order valence-corrected chi connectivity index (χ1v) is 8.34. The molecule has 1 rings (SSSR count). The number of carbonyl (C=O) groups is 1. The lowest BCUT2D eigenvalue weighted by Crippen LogP contribution is -2.45. The minimum Gasteiger partial charge on any atom is -0.357 e. The van der Waals surface area contributed by atoms with Crippen LogP contribution in [0.1, 0.15) is 26.3 Å². The Morgan fingerprint density at radius 1 is 1.33 bits per heavy atom. The van der Waals surface area contributed by atoms with Crippen molar-refractivity contribution >= 4 is 23.2 Å². The minimum atomic E-state index is 0.128. The normalized spacial score (nSPS) is 11.3. The molecule has 118 valence electrons. The predicted molar refractivity (Wildman–Crippen MR) is 89.7 cm³/mol. The van der Waals surface area contributed by atoms with E-state index < -0.39 is 0 Å². The number of guanidine groups is 1. The van der Waals surface area contributed by atoms with E-state index >= 15 is 0 Å². The van der Waals surface area contributed by atoms with E-state index in [0.29, 0.717) is 13.1 Å². The van der Waals surface area contributed by atoms with E-state index in [1.165, 1.54) is 5.56 Å². The minimum absolute atomic E-state index is 0.128. The number of rotatable bonds is 7. The summed E-state index contributed by atoms with van der Waals surface area (Å²) in [5.74, 6) is 0.896. The van der Waals surface area contributed by atoms with Gasteiger partial charge in [-0.3, -0.25) is 4.79 Å². The number of nitrogens with zero attached hydrogens (tertiary/aromatic N) is 3. The monoisotopic (exact) mass is 310 g/mol. The molecule has 1 aromatic rings. The zero-order valence-corrected chi connectivity index (χ0v) is 14.2. The van der Waals surface area contributed by atoms with Gasteiger partial charge in [0, 0.05) is 26.7 Å². The van der Waals surface area contributed by atoms with Gasteiger partial charge in [-0.25, -0.2) is 4.99 Å². The molecule has 0 spiro atoms. The van der Waals surface area contributed by atoms with Gasteiger partial charge >= 0.3 is 0 Å². The van der Waals surface area contributed by atoms with Gasteiger partial charge in [0.1, 0.15) is 0 Å². The maximum absolute atomic E-state index is 12.2. The van der Waals surface area contributed by atoms with Crippen LogP contribution in [-0.4, -0.2) is 54.9 Å². The standard InChI is InChI=1S/C15H26N4OS/c1-5-16-15(17-10-13-8-9-21-12-13)18(4)11-14(20)19(6-2)7-3/h8-9,12H,5-7,10-11H2,1-4H3,(H,16,17). The van der Waals surface area contributed by atoms with E-state index in [1.54, 1.807) is 11.3 Å². The second kappa shape index (κ2) is 9.39. The summed E-state index contributed by atoms with van der Waals surface area (Å²) in [5.41, 5.74) is 1.19. The first-order chi connectivity index (χ1) is 10.1. The molecule has 1 aromatic heterocycles. The van der Waals surface area contributed by atoms with Crippen LogP contribution in [0.2, 0.25) is 0 Å². The van der Waals surface area contributed by atoms with E-state index in [4.69, 9.17) is 0 Å². The highest BCUT2D eigenvalue weighted by molar-refractivity contribution is 7.07. The molecule has 0 bridgehead atoms. The Morgan fingerprint density at radius 3 is 2.57 bits per heavy atom. The fraction of sp³-hybridized carbons (Fsp3) is 0.600. The Labute approximate surface area is 131 Å². The van der Waals surface area contributed by atoms with E-state index in [1.807, 2.05) is 43.0 Å². The maximum atomic E-state index is 12.2. The molecule has 5 nitrogen and oxygen atoms in total. The van der Waals surface area contributed by atoms with Crippen molar-refractivity contribution < 1.29 is 4.79 Å². The third-order valence-electron chi connectivity index (χ3n) is 3.18. The van der Waals surface area contributed by atoms with Crippen LogP contribution in [0.3, 0.4) is 0 Å². The second-order valence-corrected chi connectivity index (χ2v) is 5.50. The molecule has 0 fully saturated rings. The molecule has 1 N–H and O–H groups in total. The summed E-state index contributed by atoms with van der Waals surface area (Å²) >= 11 is 1.67. The molecule has 0 aliphatic heterocycles. The van der Waals surface area contributed by atoms with Gasteiger partial charge in [0.05, 0.1) is 13.1 Å². The van der Waals surface area contributed by atoms with Gasteiger partial charge < -0.3 is 15.1 Å². The summed E-state index contributed by atoms with van der Waals surface area (Å²) in [6.45, 7) is 9.27. The zero-order valence-electron chi connectivity index (χ0n) is 13.4. The van der Waals surface area contributed by atoms with Crippen LogP contribution < -0.4 is 5.32 Å². The Balaban J connectivity index is 2.66. The summed E-state index contributed by atoms with van der Waals surface area (Å²) in [6, 6.07) is 2.07. The fourth-order valence-electron chi connectivity index (χ4n) is 1.97. The summed E-state index contributed by atoms with van der Waals surface area (Å²) in [5, 5.41) is 7.37. The molecular weight excluding hydrogens is 284 g/mol. The van der Waals surface area contributed by atoms with Crippen LogP contribution >= 0.6 is 11.3 Å². The van der Waals surface area contributed by atoms with Crippen molar-refractivity contribution in [2.24, 2.45) is 4.99 Å². The van der Waals surface area contributed by atoms with Crippen molar-refractivity contribution in [3.63, 3.8) is 0 Å². The molecule has 0 saturated heterocycles. The molecule has 0 aliphatic carbocycles. The lowest BCUT2D eigenvalue weighted by atomic mass is 10.3. The SMILES string of the molecule is CCNC(=NCc1ccsc1)N(C)CC(=O)N(CC)CC. The Bertz CT molecular complexity index is 441. The fourth-order valence-corrected chi connectivity index (χ4v) is 2.63. The molecule has 0 atom stereocenters. The molecule has 0 unspecified atom stereocenters. The Kier molecular flexibility index (Phi) is 7.82. The van der Waals surface area contributed by atoms with Crippen LogP contribution in [0.25, 0.3) is 0 Å². The molecule has 6 heteroatoms. The smallest absolute Gasteiger partial charge is 0.242 e. The Morgan fingerprint density at radius 2 is 2.05 bits per heavy atom. The van der Waals surface area contributed by atoms with Crippen molar-refractivity contribution in [1.29, 1.82) is 0 Å². The van der Waals surface area contributed by atoms with E-state index in [-0.39, 0.29) is 5.91 Å². The first-order valence-electron chi connectivity index (χ1n) is 7.40. The van der Waals surface area contributed by atoms with E-state index in [9.17, 15) is 4.79 Å². The number of amides is 1. The maximum Gasteiger partial charge on any atom is 0.242 e. The van der Waals surface area contributed by atoms with Gasteiger partial charge in [-0.2, -0.15) is 11.3 Å². The molecule has 0 aromatic carbocycles. The average Bonchev–Trinajstić information content (AvgIpc) is 2.97. The quantitative estimate of drug-likeness (QED) is 0.619. The number of carbonyl (C=O) groups excluding carboxylic acids is 1. The lowest BCUT2D eigenvalue weighted by Gasteiger charge is -2.25. The van der Waals surface area contributed by atoms with Crippen LogP contribution in [-0.2, 0) is 11.3 Å². The number of thiophene rings is 1. The first kappa shape index (κ1) is 17.5. The predicted octanol–water partition coefficient (Wildman–Crippen LogP) is 2.01. The van der Waals surface area contributed by atoms with Gasteiger partial charge in [0.15, 0.2) is 5.96 Å². The number of hydrogen-bond acceptors (Lipinski definition) is 3. The molecule has 1 heterocycles. The average molecular weight is 310 g/mol. The molecule has 0 radical (unpaired) electrons. The van der Waals surface area contributed by atoms with E-state index in [0.717, 1.165) is 25.6 Å². The van der Waals surface area contributed by atoms with E-state index in [2.05, 4.69) is 21.8 Å². The highest BCUT2D eigenvalue weighted by Crippen LogP contribution is 2.07. The molecule has 0 aliphatic rings. The largest absolute Gasteiger partial charge is 0.357 e. The molecule has 21 heavy (non-hydrogen) atoms. The number of nitrogens with one attached hydrogen (secondary N) is 1. The lowest BCUT2D eigenvalue weighted by molar-refractivity contribution is -0.131. The molecule has 1 amide bonds. The van der Waals surface area contributed by atoms with Crippen molar-refractivity contribution in [1.82, 2.24) is 15.1 Å². The van der Waals surface area contributed by atoms with Crippen LogP contribution in [0.4, 0.5) is 0 Å². The van der Waals surface area contributed by atoms with Gasteiger partial charge in [0.2, 0.25) is 5.91 Å². The number of likely N-dealkylation sites (N-methyl/N-ethyl adjacent to an activating group) is 2. The van der Waals surface area contributed by atoms with Crippen LogP contribution in [0.15, 0.2) is 21.8 Å². The third kappa shape index (κ3) is 5.75. The van der Waals surface area contributed by atoms with Crippen molar-refractivity contribution in [2.45, 2.75) is 27.3 Å². The van der Waals surface area contributed by atoms with Crippen LogP contribution in [0.5, 0.6) is 0 Å². The van der Waals surface area contributed by atoms with Gasteiger partial charge in [-0.1, -0.05) is 0 Å². The van der Waals surface area contributed by atoms with Gasteiger partial charge in [0.25, 0.3) is 0 Å². The highest BCUT2D eigenvalue weighted by Gasteiger charge is 2.14. The summed E-state index contributed by atoms with van der Waals surface area (Å²) in [4.78, 5) is 20.5. The summed E-state index contributed by atoms with van der Waals surface area (Å²) in [7, 11) is 1.90. The van der Waals surface area contributed by atoms with Crippen molar-refractivity contribution in [2.75, 3.05) is 33.2 Å². The summed E-state index contributed by atoms with van der Waals surface area (Å²) < 4.78 is 0. The Hall–Kier alpha value is -1.56.